The lowest BCUT2D eigenvalue weighted by Gasteiger charge is -1.92. The van der Waals surface area contributed by atoms with E-state index in [1.807, 2.05) is 30.3 Å². The first-order chi connectivity index (χ1) is 7.74. The molecule has 0 amide bonds. The fourth-order valence-corrected chi connectivity index (χ4v) is 0.792. The van der Waals surface area contributed by atoms with Crippen LogP contribution >= 0.6 is 0 Å². The van der Waals surface area contributed by atoms with Gasteiger partial charge in [0.15, 0.2) is 0 Å². The molecule has 3 nitrogen and oxygen atoms in total. The normalized spacial score (nSPS) is 9.50. The maximum atomic E-state index is 10.6. The van der Waals surface area contributed by atoms with Gasteiger partial charge in [-0.05, 0) is 11.6 Å². The van der Waals surface area contributed by atoms with Gasteiger partial charge in [0.25, 0.3) is 0 Å². The van der Waals surface area contributed by atoms with Crippen molar-refractivity contribution < 1.29 is 13.6 Å². The monoisotopic (exact) mass is 252 g/mol. The van der Waals surface area contributed by atoms with Crippen LogP contribution in [0, 0.1) is 0 Å². The zero-order chi connectivity index (χ0) is 12.2. The highest BCUT2D eigenvalue weighted by atomic mass is 28.3. The molecule has 0 radical (unpaired) electrons. The summed E-state index contributed by atoms with van der Waals surface area (Å²) < 4.78 is 9.19. The Labute approximate surface area is 102 Å². The number of rotatable bonds is 3. The number of hydrogen-bond donors (Lipinski definition) is 0. The van der Waals surface area contributed by atoms with Crippen LogP contribution in [-0.4, -0.2) is 26.9 Å². The van der Waals surface area contributed by atoms with Gasteiger partial charge in [0, 0.05) is 6.08 Å². The van der Waals surface area contributed by atoms with Crippen LogP contribution in [0.2, 0.25) is 0 Å². The fourth-order valence-electron chi connectivity index (χ4n) is 0.792. The first kappa shape index (κ1) is 14.6. The standard InChI is InChI=1S/C11H10O2.H6OSi2/c1-2-11(12)13-9-8-10-6-4-3-5-7-10;2-1-3/h2-9H,1H2;2-3H3. The summed E-state index contributed by atoms with van der Waals surface area (Å²) in [6, 6.07) is 9.58. The smallest absolute Gasteiger partial charge is 0.334 e. The average Bonchev–Trinajstić information content (AvgIpc) is 2.31. The van der Waals surface area contributed by atoms with E-state index in [-0.39, 0.29) is 0 Å². The van der Waals surface area contributed by atoms with Gasteiger partial charge in [-0.3, -0.25) is 0 Å². The van der Waals surface area contributed by atoms with E-state index < -0.39 is 5.97 Å². The van der Waals surface area contributed by atoms with Crippen LogP contribution in [0.25, 0.3) is 6.08 Å². The SMILES string of the molecule is C=CC(=O)OC=Cc1ccccc1.[SiH3]O[SiH3]. The second-order valence-corrected chi connectivity index (χ2v) is 6.03. The van der Waals surface area contributed by atoms with E-state index in [0.29, 0.717) is 0 Å². The molecule has 0 aliphatic heterocycles. The third-order valence-corrected chi connectivity index (χ3v) is 1.41. The highest BCUT2D eigenvalue weighted by molar-refractivity contribution is 6.15. The molecular formula is C11H16O3Si2. The molecular weight excluding hydrogens is 236 g/mol. The fraction of sp³-hybridized carbons (Fsp3) is 0. The predicted octanol–water partition coefficient (Wildman–Crippen LogP) is -0.0497. The van der Waals surface area contributed by atoms with Crippen LogP contribution in [0.15, 0.2) is 49.2 Å². The zero-order valence-electron chi connectivity index (χ0n) is 9.55. The summed E-state index contributed by atoms with van der Waals surface area (Å²) >= 11 is 0. The number of benzene rings is 1. The second-order valence-electron chi connectivity index (χ2n) is 2.76. The van der Waals surface area contributed by atoms with Crippen LogP contribution in [0.4, 0.5) is 0 Å². The van der Waals surface area contributed by atoms with E-state index >= 15 is 0 Å². The molecule has 0 N–H and O–H groups in total. The van der Waals surface area contributed by atoms with Crippen LogP contribution in [-0.2, 0) is 13.6 Å². The van der Waals surface area contributed by atoms with E-state index in [0.717, 1.165) is 32.6 Å². The van der Waals surface area contributed by atoms with Crippen molar-refractivity contribution >= 4 is 33.0 Å². The molecule has 0 aliphatic carbocycles. The van der Waals surface area contributed by atoms with Gasteiger partial charge in [0.1, 0.15) is 21.0 Å². The van der Waals surface area contributed by atoms with Crippen molar-refractivity contribution in [2.45, 2.75) is 0 Å². The summed E-state index contributed by atoms with van der Waals surface area (Å²) in [7, 11) is 1.86. The lowest BCUT2D eigenvalue weighted by atomic mass is 10.2. The first-order valence-corrected chi connectivity index (χ1v) is 6.32. The third-order valence-electron chi connectivity index (χ3n) is 1.41. The third kappa shape index (κ3) is 7.92. The maximum absolute atomic E-state index is 10.6. The number of esters is 1. The molecule has 0 bridgehead atoms. The highest BCUT2D eigenvalue weighted by Gasteiger charge is 1.88. The molecule has 5 heteroatoms. The Morgan fingerprint density at radius 2 is 1.81 bits per heavy atom. The van der Waals surface area contributed by atoms with E-state index in [9.17, 15) is 4.79 Å². The van der Waals surface area contributed by atoms with Gasteiger partial charge in [-0.1, -0.05) is 36.9 Å². The minimum Gasteiger partial charge on any atom is -0.471 e. The molecule has 0 atom stereocenters. The predicted molar refractivity (Wildman–Crippen MR) is 72.7 cm³/mol. The number of carbonyl (C=O) groups excluding carboxylic acids is 1. The summed E-state index contributed by atoms with van der Waals surface area (Å²) in [5.41, 5.74) is 0.986. The van der Waals surface area contributed by atoms with E-state index in [1.165, 1.54) is 6.26 Å². The van der Waals surface area contributed by atoms with Crippen molar-refractivity contribution in [3.05, 3.63) is 54.8 Å². The molecule has 0 heterocycles. The summed E-state index contributed by atoms with van der Waals surface area (Å²) in [4.78, 5) is 10.6. The van der Waals surface area contributed by atoms with Crippen molar-refractivity contribution in [2.24, 2.45) is 0 Å². The topological polar surface area (TPSA) is 35.5 Å². The van der Waals surface area contributed by atoms with Gasteiger partial charge >= 0.3 is 5.97 Å². The summed E-state index contributed by atoms with van der Waals surface area (Å²) in [6.07, 6.45) is 4.18. The zero-order valence-corrected chi connectivity index (χ0v) is 13.6. The molecule has 1 rings (SSSR count). The van der Waals surface area contributed by atoms with E-state index in [2.05, 4.69) is 15.4 Å². The Kier molecular flexibility index (Phi) is 9.19. The summed E-state index contributed by atoms with van der Waals surface area (Å²) in [5.74, 6) is -0.452. The van der Waals surface area contributed by atoms with Crippen molar-refractivity contribution in [1.82, 2.24) is 0 Å². The Hall–Kier alpha value is -1.44. The summed E-state index contributed by atoms with van der Waals surface area (Å²) in [5, 5.41) is 0. The largest absolute Gasteiger partial charge is 0.471 e. The molecule has 0 fully saturated rings. The second kappa shape index (κ2) is 10.1. The number of ether oxygens (including phenoxy) is 1. The van der Waals surface area contributed by atoms with Crippen molar-refractivity contribution in [3.63, 3.8) is 0 Å². The van der Waals surface area contributed by atoms with Gasteiger partial charge in [-0.2, -0.15) is 0 Å². The van der Waals surface area contributed by atoms with E-state index in [4.69, 9.17) is 0 Å². The van der Waals surface area contributed by atoms with Gasteiger partial charge < -0.3 is 8.85 Å². The molecule has 86 valence electrons. The van der Waals surface area contributed by atoms with Gasteiger partial charge in [-0.25, -0.2) is 4.79 Å². The Balaban J connectivity index is 0.000000673. The van der Waals surface area contributed by atoms with Crippen molar-refractivity contribution in [1.29, 1.82) is 0 Å². The molecule has 0 aliphatic rings. The van der Waals surface area contributed by atoms with Gasteiger partial charge in [0.2, 0.25) is 0 Å². The lowest BCUT2D eigenvalue weighted by molar-refractivity contribution is -0.132. The summed E-state index contributed by atoms with van der Waals surface area (Å²) in [6.45, 7) is 3.28. The minimum atomic E-state index is -0.452. The number of hydrogen-bond acceptors (Lipinski definition) is 3. The Bertz CT molecular complexity index is 336. The average molecular weight is 252 g/mol. The van der Waals surface area contributed by atoms with Crippen LogP contribution < -0.4 is 0 Å². The molecule has 0 unspecified atom stereocenters. The van der Waals surface area contributed by atoms with Crippen LogP contribution in [0.3, 0.4) is 0 Å². The molecule has 0 spiro atoms. The molecule has 16 heavy (non-hydrogen) atoms. The Morgan fingerprint density at radius 3 is 2.31 bits per heavy atom. The first-order valence-electron chi connectivity index (χ1n) is 4.69. The van der Waals surface area contributed by atoms with Crippen molar-refractivity contribution in [2.75, 3.05) is 0 Å². The van der Waals surface area contributed by atoms with Crippen molar-refractivity contribution in [3.8, 4) is 0 Å². The minimum absolute atomic E-state index is 0.452. The van der Waals surface area contributed by atoms with Crippen LogP contribution in [0.1, 0.15) is 5.56 Å². The number of carbonyl (C=O) groups is 1. The molecule has 0 saturated carbocycles. The lowest BCUT2D eigenvalue weighted by Crippen LogP contribution is -1.91. The van der Waals surface area contributed by atoms with Gasteiger partial charge in [0.05, 0.1) is 6.26 Å². The Morgan fingerprint density at radius 1 is 1.25 bits per heavy atom. The molecule has 1 aromatic carbocycles. The quantitative estimate of drug-likeness (QED) is 0.327. The molecule has 0 saturated heterocycles. The molecule has 0 aromatic heterocycles. The van der Waals surface area contributed by atoms with Crippen LogP contribution in [0.5, 0.6) is 0 Å². The molecule has 1 aromatic rings. The van der Waals surface area contributed by atoms with E-state index in [1.54, 1.807) is 6.08 Å². The maximum Gasteiger partial charge on any atom is 0.334 e. The highest BCUT2D eigenvalue weighted by Crippen LogP contribution is 2.00. The van der Waals surface area contributed by atoms with Gasteiger partial charge in [-0.15, -0.1) is 0 Å².